The van der Waals surface area contributed by atoms with Crippen molar-refractivity contribution in [1.29, 1.82) is 5.26 Å². The molecule has 17 aromatic carbocycles. The first-order chi connectivity index (χ1) is 66.6. The predicted molar refractivity (Wildman–Crippen MR) is 520 cm³/mol. The van der Waals surface area contributed by atoms with Crippen LogP contribution in [-0.4, -0.2) is 44.9 Å². The largest absolute Gasteiger partial charge is 0.255 e. The van der Waals surface area contributed by atoms with Gasteiger partial charge < -0.3 is 0 Å². The number of halogens is 8. The topological polar surface area (TPSA) is 153 Å². The maximum atomic E-state index is 15.3. The van der Waals surface area contributed by atoms with Crippen molar-refractivity contribution in [3.8, 4) is 130 Å². The Bertz CT molecular complexity index is 9020. The van der Waals surface area contributed by atoms with Crippen LogP contribution in [0.5, 0.6) is 0 Å². The fourth-order valence-corrected chi connectivity index (χ4v) is 17.7. The molecule has 136 heavy (non-hydrogen) atoms. The zero-order valence-corrected chi connectivity index (χ0v) is 70.9. The molecule has 6 aromatic heterocycles. The van der Waals surface area contributed by atoms with Gasteiger partial charge in [-0.1, -0.05) is 303 Å². The summed E-state index contributed by atoms with van der Waals surface area (Å²) in [5, 5.41) is 16.2. The SMILES string of the molecule is [C-]#[N+]c1cc2c(-c3ccccc3-c3c(F)c(F)c(F)c(F)c3F)nc3ccccc3c2c2nc(-c3ccccc3)c(-c3ccccc3)nc12.[C-]#[N+]c1cc2c(-c3ccccc3-c3cc(F)c(F)c(F)c3)nc3ccccc3c2c2nc(-c3ccccc3)c(-c3ccccc3)nc12.[C-]#[N+]c1cc2c(-c3ccccc3C#N)nc3ccccc3c2c2nc(-c3ccccc3)c(-c3ccccc3)nc12. The number of rotatable bonds is 11. The van der Waals surface area contributed by atoms with E-state index in [2.05, 4.69) is 20.6 Å². The molecule has 0 aliphatic carbocycles. The van der Waals surface area contributed by atoms with Gasteiger partial charge in [0.25, 0.3) is 0 Å². The van der Waals surface area contributed by atoms with Gasteiger partial charge in [0.2, 0.25) is 22.9 Å². The van der Waals surface area contributed by atoms with Crippen LogP contribution in [0.3, 0.4) is 0 Å². The van der Waals surface area contributed by atoms with Crippen molar-refractivity contribution in [2.45, 2.75) is 0 Å². The Morgan fingerprint density at radius 2 is 0.463 bits per heavy atom. The third-order valence-corrected chi connectivity index (χ3v) is 23.8. The molecule has 0 saturated carbocycles. The van der Waals surface area contributed by atoms with Gasteiger partial charge in [0, 0.05) is 98.5 Å². The van der Waals surface area contributed by atoms with E-state index in [1.165, 1.54) is 18.2 Å². The van der Waals surface area contributed by atoms with Gasteiger partial charge in [-0.05, 0) is 71.3 Å². The van der Waals surface area contributed by atoms with Gasteiger partial charge in [-0.2, -0.15) is 5.26 Å². The molecule has 6 heterocycles. The molecular weight excluding hydrogens is 1720 g/mol. The third kappa shape index (κ3) is 14.7. The first-order valence-corrected chi connectivity index (χ1v) is 42.7. The summed E-state index contributed by atoms with van der Waals surface area (Å²) in [7, 11) is 0. The lowest BCUT2D eigenvalue weighted by Crippen LogP contribution is -2.05. The zero-order valence-electron chi connectivity index (χ0n) is 70.9. The lowest BCUT2D eigenvalue weighted by atomic mass is 9.92. The molecular formula is C115H59F8N13. The maximum absolute atomic E-state index is 15.3. The molecule has 0 aliphatic heterocycles. The van der Waals surface area contributed by atoms with Crippen molar-refractivity contribution in [2.24, 2.45) is 0 Å². The Hall–Kier alpha value is -18.8. The number of nitrogens with zero attached hydrogens (tertiary/aromatic N) is 13. The number of fused-ring (bicyclic) bond motifs is 15. The highest BCUT2D eigenvalue weighted by Crippen LogP contribution is 2.50. The van der Waals surface area contributed by atoms with Crippen LogP contribution in [0.2, 0.25) is 0 Å². The molecule has 0 unspecified atom stereocenters. The first-order valence-electron chi connectivity index (χ1n) is 42.7. The number of para-hydroxylation sites is 3. The van der Waals surface area contributed by atoms with E-state index in [1.807, 2.05) is 267 Å². The summed E-state index contributed by atoms with van der Waals surface area (Å²) in [5.41, 5.74) is 17.1. The second-order valence-corrected chi connectivity index (χ2v) is 31.7. The monoisotopic (exact) mass is 1770 g/mol. The number of aromatic nitrogens is 9. The number of hydrogen-bond donors (Lipinski definition) is 0. The van der Waals surface area contributed by atoms with E-state index in [1.54, 1.807) is 60.7 Å². The number of pyridine rings is 3. The minimum Gasteiger partial charge on any atom is -0.255 e. The fraction of sp³-hybridized carbons (Fsp3) is 0. The minimum atomic E-state index is -2.25. The van der Waals surface area contributed by atoms with E-state index in [4.69, 9.17) is 64.6 Å². The molecule has 640 valence electrons. The number of hydrogen-bond acceptors (Lipinski definition) is 10. The Morgan fingerprint density at radius 3 is 0.779 bits per heavy atom. The van der Waals surface area contributed by atoms with Gasteiger partial charge in [0.05, 0.1) is 138 Å². The molecule has 13 nitrogen and oxygen atoms in total. The Balaban J connectivity index is 0.000000123. The van der Waals surface area contributed by atoms with E-state index in [-0.39, 0.29) is 33.8 Å². The molecule has 0 bridgehead atoms. The molecule has 0 atom stereocenters. The van der Waals surface area contributed by atoms with Crippen LogP contribution in [0.4, 0.5) is 52.2 Å². The summed E-state index contributed by atoms with van der Waals surface area (Å²) < 4.78 is 116. The minimum absolute atomic E-state index is 0.0916. The average molecular weight is 1770 g/mol. The van der Waals surface area contributed by atoms with Gasteiger partial charge in [0.1, 0.15) is 0 Å². The first kappa shape index (κ1) is 84.0. The van der Waals surface area contributed by atoms with Crippen LogP contribution in [0, 0.1) is 77.6 Å². The van der Waals surface area contributed by atoms with Crippen molar-refractivity contribution in [3.05, 3.63) is 444 Å². The molecule has 0 fully saturated rings. The molecule has 23 aromatic rings. The van der Waals surface area contributed by atoms with E-state index >= 15 is 8.78 Å². The summed E-state index contributed by atoms with van der Waals surface area (Å²) in [6, 6.07) is 111. The van der Waals surface area contributed by atoms with Crippen LogP contribution >= 0.6 is 0 Å². The lowest BCUT2D eigenvalue weighted by Gasteiger charge is -2.18. The van der Waals surface area contributed by atoms with Crippen LogP contribution in [0.1, 0.15) is 5.56 Å². The summed E-state index contributed by atoms with van der Waals surface area (Å²) in [6.07, 6.45) is 0. The molecule has 0 aliphatic rings. The quantitative estimate of drug-likeness (QED) is 0.0402. The van der Waals surface area contributed by atoms with Gasteiger partial charge in [-0.25, -0.2) is 79.6 Å². The highest BCUT2D eigenvalue weighted by Gasteiger charge is 2.32. The maximum Gasteiger partial charge on any atom is 0.215 e. The van der Waals surface area contributed by atoms with Gasteiger partial charge >= 0.3 is 0 Å². The summed E-state index contributed by atoms with van der Waals surface area (Å²) in [6.45, 7) is 24.4. The Kier molecular flexibility index (Phi) is 21.8. The van der Waals surface area contributed by atoms with E-state index in [9.17, 15) is 31.6 Å². The predicted octanol–water partition coefficient (Wildman–Crippen LogP) is 31.0. The van der Waals surface area contributed by atoms with Gasteiger partial charge in [0.15, 0.2) is 40.7 Å². The Morgan fingerprint density at radius 1 is 0.213 bits per heavy atom. The van der Waals surface area contributed by atoms with Crippen LogP contribution < -0.4 is 0 Å². The van der Waals surface area contributed by atoms with Crippen LogP contribution in [0.25, 0.3) is 236 Å². The van der Waals surface area contributed by atoms with Crippen molar-refractivity contribution in [2.75, 3.05) is 0 Å². The summed E-state index contributed by atoms with van der Waals surface area (Å²) >= 11 is 0. The molecule has 21 heteroatoms. The summed E-state index contributed by atoms with van der Waals surface area (Å²) in [5.74, 6) is -14.4. The molecule has 0 N–H and O–H groups in total. The molecule has 23 rings (SSSR count). The molecule has 0 radical (unpaired) electrons. The fourth-order valence-electron chi connectivity index (χ4n) is 17.7. The number of benzene rings is 17. The lowest BCUT2D eigenvalue weighted by molar-refractivity contribution is 0.381. The van der Waals surface area contributed by atoms with Gasteiger partial charge in [-0.3, -0.25) is 15.0 Å². The highest BCUT2D eigenvalue weighted by atomic mass is 19.2. The van der Waals surface area contributed by atoms with Crippen molar-refractivity contribution < 1.29 is 35.1 Å². The zero-order chi connectivity index (χ0) is 92.9. The molecule has 0 saturated heterocycles. The van der Waals surface area contributed by atoms with Crippen molar-refractivity contribution in [1.82, 2.24) is 44.9 Å². The molecule has 0 amide bonds. The Labute approximate surface area is 769 Å². The van der Waals surface area contributed by atoms with E-state index in [0.717, 1.165) is 89.3 Å². The second-order valence-electron chi connectivity index (χ2n) is 31.7. The highest BCUT2D eigenvalue weighted by molar-refractivity contribution is 6.27. The number of nitriles is 1. The smallest absolute Gasteiger partial charge is 0.215 e. The van der Waals surface area contributed by atoms with Crippen molar-refractivity contribution in [3.63, 3.8) is 0 Å². The average Bonchev–Trinajstić information content (AvgIpc) is 0.722. The van der Waals surface area contributed by atoms with Gasteiger partial charge in [-0.15, -0.1) is 0 Å². The molecule has 0 spiro atoms. The standard InChI is InChI=1S/C40H19F5N4.C40H21F3N4.C35H19N5/c1-46-28-20-26-29(40-39(28)48-36(21-12-4-2-5-13-21)37(49-40)22-14-6-3-7-15-22)25-18-10-11-19-27(25)47-38(26)24-17-9-8-16-23(24)30-31(41)33(43)35(45)34(44)32(30)42;1-44-33-22-29-34(40-39(33)46-36(23-12-4-2-5-13-23)37(47-40)24-14-6-3-7-15-24)28-18-10-11-19-32(28)45-38(29)27-17-9-8-16-26(27)25-20-30(41)35(43)31(42)21-25;1-37-29-20-27-30(26-18-10-11-19-28(26)38-33(27)25-17-9-8-16-24(25)21-36)35-34(29)39-31(22-12-4-2-5-13-22)32(40-35)23-14-6-3-7-15-23/h2-20H;2-22H;2-20H. The third-order valence-electron chi connectivity index (χ3n) is 23.8. The van der Waals surface area contributed by atoms with E-state index < -0.39 is 52.1 Å². The second kappa shape index (κ2) is 35.2. The van der Waals surface area contributed by atoms with Crippen molar-refractivity contribution >= 4 is 115 Å². The summed E-state index contributed by atoms with van der Waals surface area (Å²) in [4.78, 5) is 57.6. The van der Waals surface area contributed by atoms with Crippen LogP contribution in [0.15, 0.2) is 358 Å². The van der Waals surface area contributed by atoms with Crippen LogP contribution in [-0.2, 0) is 0 Å². The normalized spacial score (nSPS) is 11.2. The van der Waals surface area contributed by atoms with E-state index in [0.29, 0.717) is 128 Å².